The van der Waals surface area contributed by atoms with Gasteiger partial charge >= 0.3 is 0 Å². The van der Waals surface area contributed by atoms with E-state index in [1.807, 2.05) is 6.07 Å². The zero-order chi connectivity index (χ0) is 30.8. The van der Waals surface area contributed by atoms with Crippen LogP contribution < -0.4 is 15.2 Å². The monoisotopic (exact) mass is 630 g/mol. The number of amides is 1. The van der Waals surface area contributed by atoms with Gasteiger partial charge in [0.2, 0.25) is 20.6 Å². The van der Waals surface area contributed by atoms with Crippen LogP contribution in [0.4, 0.5) is 5.13 Å². The molecule has 0 aliphatic heterocycles. The summed E-state index contributed by atoms with van der Waals surface area (Å²) in [5, 5.41) is 6.14. The van der Waals surface area contributed by atoms with Crippen molar-refractivity contribution in [1.29, 1.82) is 0 Å². The van der Waals surface area contributed by atoms with Gasteiger partial charge < -0.3 is 9.15 Å². The van der Waals surface area contributed by atoms with Crippen molar-refractivity contribution in [3.63, 3.8) is 0 Å². The maximum Gasteiger partial charge on any atom is 0.280 e. The standard InChI is InChI=1S/C32H30N4O6S2/c1-35(23-8-4-3-5-9-23)44(39,40)25-15-12-21(13-16-25)31(38)36(32-34-27-17-14-24(41-2)18-29(27)43-32)33-19-22-20-42-28-11-7-6-10-26(28)30(22)37/h6-7,10-20,23H,3-5,8-9H2,1-2H3/b33-19+. The molecule has 1 amide bonds. The zero-order valence-corrected chi connectivity index (χ0v) is 25.8. The molecule has 3 aromatic carbocycles. The molecule has 226 valence electrons. The molecule has 1 aliphatic carbocycles. The Labute approximate surface area is 258 Å². The molecule has 2 aromatic heterocycles. The van der Waals surface area contributed by atoms with E-state index in [2.05, 4.69) is 10.1 Å². The van der Waals surface area contributed by atoms with Gasteiger partial charge in [-0.15, -0.1) is 0 Å². The number of nitrogens with zero attached hydrogens (tertiary/aromatic N) is 4. The summed E-state index contributed by atoms with van der Waals surface area (Å²) < 4.78 is 39.9. The average Bonchev–Trinajstić information content (AvgIpc) is 3.49. The second kappa shape index (κ2) is 12.3. The summed E-state index contributed by atoms with van der Waals surface area (Å²) in [6.45, 7) is 0. The van der Waals surface area contributed by atoms with Crippen LogP contribution in [0, 0.1) is 0 Å². The van der Waals surface area contributed by atoms with E-state index in [0.717, 1.165) is 41.8 Å². The first-order valence-electron chi connectivity index (χ1n) is 14.2. The van der Waals surface area contributed by atoms with Crippen LogP contribution >= 0.6 is 11.3 Å². The van der Waals surface area contributed by atoms with Crippen molar-refractivity contribution in [2.45, 2.75) is 43.0 Å². The highest BCUT2D eigenvalue weighted by Crippen LogP contribution is 2.33. The van der Waals surface area contributed by atoms with Crippen molar-refractivity contribution in [3.8, 4) is 5.75 Å². The van der Waals surface area contributed by atoms with Gasteiger partial charge in [-0.3, -0.25) is 9.59 Å². The number of anilines is 1. The van der Waals surface area contributed by atoms with Crippen molar-refractivity contribution in [1.82, 2.24) is 9.29 Å². The number of fused-ring (bicyclic) bond motifs is 2. The van der Waals surface area contributed by atoms with Gasteiger partial charge in [-0.2, -0.15) is 14.4 Å². The number of rotatable bonds is 8. The first-order valence-corrected chi connectivity index (χ1v) is 16.4. The number of hydrogen-bond donors (Lipinski definition) is 0. The smallest absolute Gasteiger partial charge is 0.280 e. The molecular formula is C32H30N4O6S2. The predicted octanol–water partition coefficient (Wildman–Crippen LogP) is 6.05. The predicted molar refractivity (Wildman–Crippen MR) is 171 cm³/mol. The van der Waals surface area contributed by atoms with Gasteiger partial charge in [0.1, 0.15) is 17.6 Å². The number of hydrazone groups is 1. The molecule has 0 unspecified atom stereocenters. The van der Waals surface area contributed by atoms with Crippen LogP contribution in [0.15, 0.2) is 92.2 Å². The fraction of sp³-hybridized carbons (Fsp3) is 0.250. The van der Waals surface area contributed by atoms with Crippen molar-refractivity contribution in [2.24, 2.45) is 5.10 Å². The van der Waals surface area contributed by atoms with E-state index < -0.39 is 15.9 Å². The maximum atomic E-state index is 13.9. The van der Waals surface area contributed by atoms with Crippen molar-refractivity contribution >= 4 is 59.8 Å². The highest BCUT2D eigenvalue weighted by molar-refractivity contribution is 7.89. The summed E-state index contributed by atoms with van der Waals surface area (Å²) in [6, 6.07) is 18.0. The molecule has 6 rings (SSSR count). The molecule has 0 spiro atoms. The number of ether oxygens (including phenoxy) is 1. The van der Waals surface area contributed by atoms with E-state index in [1.54, 1.807) is 50.6 Å². The fourth-order valence-electron chi connectivity index (χ4n) is 5.30. The van der Waals surface area contributed by atoms with Crippen LogP contribution in [-0.4, -0.2) is 50.0 Å². The van der Waals surface area contributed by atoms with E-state index in [-0.39, 0.29) is 32.6 Å². The lowest BCUT2D eigenvalue weighted by molar-refractivity contribution is 0.0987. The minimum absolute atomic E-state index is 0.0368. The molecule has 0 bridgehead atoms. The molecule has 0 N–H and O–H groups in total. The summed E-state index contributed by atoms with van der Waals surface area (Å²) in [4.78, 5) is 31.7. The molecular weight excluding hydrogens is 601 g/mol. The van der Waals surface area contributed by atoms with Crippen LogP contribution in [0.2, 0.25) is 0 Å². The Morgan fingerprint density at radius 2 is 1.82 bits per heavy atom. The van der Waals surface area contributed by atoms with Crippen LogP contribution in [0.3, 0.4) is 0 Å². The number of sulfonamides is 1. The lowest BCUT2D eigenvalue weighted by Crippen LogP contribution is -2.38. The van der Waals surface area contributed by atoms with Gasteiger partial charge in [-0.1, -0.05) is 42.7 Å². The van der Waals surface area contributed by atoms with Gasteiger partial charge in [-0.05, 0) is 67.4 Å². The molecule has 44 heavy (non-hydrogen) atoms. The van der Waals surface area contributed by atoms with Crippen LogP contribution in [-0.2, 0) is 10.0 Å². The van der Waals surface area contributed by atoms with Crippen LogP contribution in [0.1, 0.15) is 48.0 Å². The molecule has 0 radical (unpaired) electrons. The normalized spacial score (nSPS) is 14.5. The molecule has 1 aliphatic rings. The van der Waals surface area contributed by atoms with Crippen molar-refractivity contribution < 1.29 is 22.4 Å². The molecule has 1 fully saturated rings. The molecule has 10 nitrogen and oxygen atoms in total. The molecule has 1 saturated carbocycles. The third-order valence-electron chi connectivity index (χ3n) is 7.84. The minimum Gasteiger partial charge on any atom is -0.497 e. The fourth-order valence-corrected chi connectivity index (χ4v) is 7.67. The summed E-state index contributed by atoms with van der Waals surface area (Å²) in [6.07, 6.45) is 7.37. The highest BCUT2D eigenvalue weighted by atomic mass is 32.2. The summed E-state index contributed by atoms with van der Waals surface area (Å²) in [5.74, 6) is 0.0832. The molecule has 5 aromatic rings. The minimum atomic E-state index is -3.73. The van der Waals surface area contributed by atoms with E-state index >= 15 is 0 Å². The average molecular weight is 631 g/mol. The van der Waals surface area contributed by atoms with E-state index in [0.29, 0.717) is 22.2 Å². The topological polar surface area (TPSA) is 122 Å². The van der Waals surface area contributed by atoms with E-state index in [9.17, 15) is 18.0 Å². The third-order valence-corrected chi connectivity index (χ3v) is 10.8. The molecule has 0 atom stereocenters. The van der Waals surface area contributed by atoms with E-state index in [1.165, 1.54) is 52.4 Å². The van der Waals surface area contributed by atoms with Crippen molar-refractivity contribution in [2.75, 3.05) is 19.2 Å². The number of carbonyl (C=O) groups is 1. The second-order valence-electron chi connectivity index (χ2n) is 10.5. The lowest BCUT2D eigenvalue weighted by atomic mass is 9.96. The first-order chi connectivity index (χ1) is 21.3. The Hall–Kier alpha value is -4.39. The number of thiazole rings is 1. The zero-order valence-electron chi connectivity index (χ0n) is 24.2. The Morgan fingerprint density at radius 3 is 2.57 bits per heavy atom. The van der Waals surface area contributed by atoms with Gasteiger partial charge in [0.25, 0.3) is 5.91 Å². The van der Waals surface area contributed by atoms with Gasteiger partial charge in [-0.25, -0.2) is 13.4 Å². The number of benzene rings is 3. The second-order valence-corrected chi connectivity index (χ2v) is 13.6. The number of carbonyl (C=O) groups excluding carboxylic acids is 1. The Kier molecular flexibility index (Phi) is 8.30. The van der Waals surface area contributed by atoms with Crippen LogP contribution in [0.5, 0.6) is 5.75 Å². The Balaban J connectivity index is 1.35. The third kappa shape index (κ3) is 5.75. The summed E-state index contributed by atoms with van der Waals surface area (Å²) in [5.41, 5.74) is 1.12. The lowest BCUT2D eigenvalue weighted by Gasteiger charge is -2.30. The Bertz CT molecular complexity index is 2030. The largest absolute Gasteiger partial charge is 0.497 e. The maximum absolute atomic E-state index is 13.9. The van der Waals surface area contributed by atoms with Crippen LogP contribution in [0.25, 0.3) is 21.2 Å². The van der Waals surface area contributed by atoms with Gasteiger partial charge in [0.15, 0.2) is 0 Å². The summed E-state index contributed by atoms with van der Waals surface area (Å²) in [7, 11) is -0.553. The van der Waals surface area contributed by atoms with Gasteiger partial charge in [0.05, 0.1) is 39.4 Å². The quantitative estimate of drug-likeness (QED) is 0.151. The highest BCUT2D eigenvalue weighted by Gasteiger charge is 2.29. The summed E-state index contributed by atoms with van der Waals surface area (Å²) >= 11 is 1.22. The van der Waals surface area contributed by atoms with E-state index in [4.69, 9.17) is 9.15 Å². The van der Waals surface area contributed by atoms with Gasteiger partial charge in [0, 0.05) is 18.7 Å². The molecule has 2 heterocycles. The number of methoxy groups -OCH3 is 1. The molecule has 12 heteroatoms. The number of aromatic nitrogens is 1. The number of hydrogen-bond acceptors (Lipinski definition) is 9. The SMILES string of the molecule is COc1ccc2nc(N(/N=C/c3coc4ccccc4c3=O)C(=O)c3ccc(S(=O)(=O)N(C)C4CCCCC4)cc3)sc2c1. The first kappa shape index (κ1) is 29.7. The van der Waals surface area contributed by atoms with Crippen molar-refractivity contribution in [3.05, 3.63) is 94.3 Å². The number of para-hydroxylation sites is 1. The molecule has 0 saturated heterocycles. The Morgan fingerprint density at radius 1 is 1.07 bits per heavy atom.